The lowest BCUT2D eigenvalue weighted by Gasteiger charge is -2.43. The van der Waals surface area contributed by atoms with Gasteiger partial charge in [-0.2, -0.15) is 0 Å². The Labute approximate surface area is 180 Å². The van der Waals surface area contributed by atoms with Crippen molar-refractivity contribution in [1.29, 1.82) is 0 Å². The number of carbonyl (C=O) groups excluding carboxylic acids is 1. The molecule has 0 radical (unpaired) electrons. The summed E-state index contributed by atoms with van der Waals surface area (Å²) in [6.07, 6.45) is -6.52. The third kappa shape index (κ3) is 4.73. The molecule has 174 valence electrons. The quantitative estimate of drug-likeness (QED) is 0.190. The number of aliphatic hydroxyl groups excluding tert-OH is 5. The molecule has 3 rings (SSSR count). The molecule has 31 heavy (non-hydrogen) atoms. The normalized spacial score (nSPS) is 39.7. The van der Waals surface area contributed by atoms with E-state index in [9.17, 15) is 40.2 Å². The molecule has 2 heterocycles. The van der Waals surface area contributed by atoms with Crippen LogP contribution in [0.5, 0.6) is 0 Å². The van der Waals surface area contributed by atoms with Crippen LogP contribution in [0.1, 0.15) is 0 Å². The molecule has 12 nitrogen and oxygen atoms in total. The van der Waals surface area contributed by atoms with Crippen molar-refractivity contribution < 1.29 is 59.2 Å². The molecule has 6 N–H and O–H groups in total. The largest absolute Gasteiger partial charge is 0.478 e. The molecule has 1 saturated heterocycles. The number of thioether (sulfide) groups is 1. The van der Waals surface area contributed by atoms with Gasteiger partial charge in [0.2, 0.25) is 6.29 Å². The maximum absolute atomic E-state index is 11.6. The van der Waals surface area contributed by atoms with Crippen LogP contribution in [0.4, 0.5) is 4.79 Å². The van der Waals surface area contributed by atoms with Crippen molar-refractivity contribution in [1.82, 2.24) is 0 Å². The molecule has 9 atom stereocenters. The maximum atomic E-state index is 11.6. The monoisotopic (exact) mass is 464 g/mol. The van der Waals surface area contributed by atoms with Gasteiger partial charge in [-0.25, -0.2) is 9.59 Å². The molecule has 0 aromatic heterocycles. The number of aliphatic hydroxyl groups is 5. The molecular weight excluding hydrogens is 440 g/mol. The zero-order valence-electron chi connectivity index (χ0n) is 16.3. The zero-order valence-corrected chi connectivity index (χ0v) is 17.1. The number of hydrogen-bond donors (Lipinski definition) is 6. The Bertz CT molecular complexity index is 752. The summed E-state index contributed by atoms with van der Waals surface area (Å²) in [5, 5.41) is 58.7. The average molecular weight is 464 g/mol. The van der Waals surface area contributed by atoms with Gasteiger partial charge in [0.1, 0.15) is 31.0 Å². The second kappa shape index (κ2) is 9.83. The SMILES string of the molecule is CSC(=O)OCC1=C[C@H](O)[C@@H]2C(C(=O)O)=CO[C@@H](O[C@H]3O[C@@H](CO)[C@H](O)[C@@H](O)[C@@H]3O)[C@H]12. The van der Waals surface area contributed by atoms with Crippen molar-refractivity contribution >= 4 is 23.0 Å². The van der Waals surface area contributed by atoms with Crippen molar-refractivity contribution in [2.45, 2.75) is 43.1 Å². The van der Waals surface area contributed by atoms with Crippen LogP contribution >= 0.6 is 11.8 Å². The molecule has 0 aromatic rings. The van der Waals surface area contributed by atoms with Gasteiger partial charge in [-0.05, 0) is 23.6 Å². The van der Waals surface area contributed by atoms with Crippen molar-refractivity contribution in [2.75, 3.05) is 19.5 Å². The minimum atomic E-state index is -1.71. The Morgan fingerprint density at radius 1 is 1.10 bits per heavy atom. The Kier molecular flexibility index (Phi) is 7.59. The highest BCUT2D eigenvalue weighted by Gasteiger charge is 2.52. The number of carbonyl (C=O) groups is 2. The summed E-state index contributed by atoms with van der Waals surface area (Å²) < 4.78 is 21.4. The molecule has 0 spiro atoms. The Morgan fingerprint density at radius 3 is 2.42 bits per heavy atom. The lowest BCUT2D eigenvalue weighted by molar-refractivity contribution is -0.340. The standard InChI is InChI=1S/C18H24O12S/c1-31-18(26)28-4-6-2-8(20)11-7(15(24)25)5-27-16(10(6)11)30-17-14(23)13(22)12(21)9(3-19)29-17/h2,5,8-14,16-17,19-23H,3-4H2,1H3,(H,24,25)/t8-,9-,10+,11-,12-,13+,14-,16-,17+/m0/s1. The van der Waals surface area contributed by atoms with Crippen molar-refractivity contribution in [3.05, 3.63) is 23.5 Å². The van der Waals surface area contributed by atoms with Crippen LogP contribution < -0.4 is 0 Å². The number of hydrogen-bond acceptors (Lipinski definition) is 12. The van der Waals surface area contributed by atoms with E-state index in [1.807, 2.05) is 0 Å². The maximum Gasteiger partial charge on any atom is 0.367 e. The van der Waals surface area contributed by atoms with Crippen molar-refractivity contribution in [3.63, 3.8) is 0 Å². The van der Waals surface area contributed by atoms with Gasteiger partial charge in [0, 0.05) is 5.92 Å². The summed E-state index contributed by atoms with van der Waals surface area (Å²) >= 11 is 0.829. The Morgan fingerprint density at radius 2 is 1.81 bits per heavy atom. The second-order valence-electron chi connectivity index (χ2n) is 7.24. The fourth-order valence-corrected chi connectivity index (χ4v) is 4.05. The Hall–Kier alpha value is -1.71. The smallest absolute Gasteiger partial charge is 0.367 e. The summed E-state index contributed by atoms with van der Waals surface area (Å²) in [5.74, 6) is -3.24. The third-order valence-corrected chi connectivity index (χ3v) is 5.89. The highest BCUT2D eigenvalue weighted by molar-refractivity contribution is 8.12. The predicted molar refractivity (Wildman–Crippen MR) is 101 cm³/mol. The first-order valence-electron chi connectivity index (χ1n) is 9.33. The van der Waals surface area contributed by atoms with Crippen LogP contribution in [0.15, 0.2) is 23.5 Å². The minimum absolute atomic E-state index is 0.228. The topological polar surface area (TPSA) is 192 Å². The molecule has 0 unspecified atom stereocenters. The van der Waals surface area contributed by atoms with E-state index in [0.717, 1.165) is 18.0 Å². The van der Waals surface area contributed by atoms with E-state index >= 15 is 0 Å². The highest BCUT2D eigenvalue weighted by atomic mass is 32.2. The third-order valence-electron chi connectivity index (χ3n) is 5.44. The lowest BCUT2D eigenvalue weighted by atomic mass is 9.82. The number of fused-ring (bicyclic) bond motifs is 1. The number of ether oxygens (including phenoxy) is 4. The van der Waals surface area contributed by atoms with Crippen LogP contribution in [-0.2, 0) is 23.7 Å². The molecule has 0 bridgehead atoms. The lowest BCUT2D eigenvalue weighted by Crippen LogP contribution is -2.60. The molecule has 0 amide bonds. The fourth-order valence-electron chi connectivity index (χ4n) is 3.87. The van der Waals surface area contributed by atoms with Crippen LogP contribution in [0.2, 0.25) is 0 Å². The molecule has 13 heteroatoms. The van der Waals surface area contributed by atoms with E-state index in [1.165, 1.54) is 12.3 Å². The first-order valence-corrected chi connectivity index (χ1v) is 10.6. The summed E-state index contributed by atoms with van der Waals surface area (Å²) in [5.41, 5.74) is 0.106. The van der Waals surface area contributed by atoms with Gasteiger partial charge in [0.25, 0.3) is 0 Å². The van der Waals surface area contributed by atoms with Crippen molar-refractivity contribution in [3.8, 4) is 0 Å². The molecule has 2 aliphatic heterocycles. The van der Waals surface area contributed by atoms with E-state index in [4.69, 9.17) is 18.9 Å². The van der Waals surface area contributed by atoms with Crippen molar-refractivity contribution in [2.24, 2.45) is 11.8 Å². The highest BCUT2D eigenvalue weighted by Crippen LogP contribution is 2.44. The van der Waals surface area contributed by atoms with E-state index in [-0.39, 0.29) is 12.2 Å². The van der Waals surface area contributed by atoms with E-state index < -0.39 is 72.8 Å². The van der Waals surface area contributed by atoms with Gasteiger partial charge in [0.15, 0.2) is 6.29 Å². The molecule has 0 saturated carbocycles. The van der Waals surface area contributed by atoms with E-state index in [2.05, 4.69) is 0 Å². The van der Waals surface area contributed by atoms with E-state index in [0.29, 0.717) is 5.57 Å². The first-order chi connectivity index (χ1) is 14.7. The second-order valence-corrected chi connectivity index (χ2v) is 7.98. The molecule has 3 aliphatic rings. The summed E-state index contributed by atoms with van der Waals surface area (Å²) in [6, 6.07) is 0. The average Bonchev–Trinajstić information content (AvgIpc) is 3.09. The van der Waals surface area contributed by atoms with Gasteiger partial charge in [0.05, 0.1) is 30.5 Å². The van der Waals surface area contributed by atoms with Gasteiger partial charge in [-0.1, -0.05) is 6.08 Å². The van der Waals surface area contributed by atoms with Gasteiger partial charge >= 0.3 is 11.3 Å². The number of rotatable bonds is 6. The number of aliphatic carboxylic acids is 1. The van der Waals surface area contributed by atoms with Crippen LogP contribution in [0.3, 0.4) is 0 Å². The van der Waals surface area contributed by atoms with Gasteiger partial charge in [-0.15, -0.1) is 0 Å². The Balaban J connectivity index is 1.84. The number of carboxylic acids is 1. The fraction of sp³-hybridized carbons (Fsp3) is 0.667. The summed E-state index contributed by atoms with van der Waals surface area (Å²) in [4.78, 5) is 23.1. The van der Waals surface area contributed by atoms with Crippen LogP contribution in [0.25, 0.3) is 0 Å². The molecule has 1 fully saturated rings. The summed E-state index contributed by atoms with van der Waals surface area (Å²) in [6.45, 7) is -0.928. The van der Waals surface area contributed by atoms with Crippen LogP contribution in [-0.4, -0.2) is 104 Å². The van der Waals surface area contributed by atoms with Gasteiger partial charge < -0.3 is 49.6 Å². The van der Waals surface area contributed by atoms with Crippen LogP contribution in [0, 0.1) is 11.8 Å². The zero-order chi connectivity index (χ0) is 22.9. The molecule has 1 aliphatic carbocycles. The summed E-state index contributed by atoms with van der Waals surface area (Å²) in [7, 11) is 0. The first kappa shape index (κ1) is 23.9. The minimum Gasteiger partial charge on any atom is -0.478 e. The predicted octanol–water partition coefficient (Wildman–Crippen LogP) is -1.84. The molecular formula is C18H24O12S. The van der Waals surface area contributed by atoms with E-state index in [1.54, 1.807) is 0 Å². The van der Waals surface area contributed by atoms with Gasteiger partial charge in [-0.3, -0.25) is 0 Å². The molecule has 0 aromatic carbocycles. The number of carboxylic acid groups (broad SMARTS) is 1.